The molecule has 0 aliphatic heterocycles. The number of rotatable bonds is 6. The van der Waals surface area contributed by atoms with Crippen LogP contribution in [0.5, 0.6) is 0 Å². The molecule has 0 aromatic carbocycles. The molecule has 0 atom stereocenters. The number of nitrogens with zero attached hydrogens (tertiary/aromatic N) is 2. The summed E-state index contributed by atoms with van der Waals surface area (Å²) in [6, 6.07) is 2.83. The molecule has 1 aromatic heterocycles. The van der Waals surface area contributed by atoms with Crippen LogP contribution in [0.1, 0.15) is 28.9 Å². The molecule has 21 heavy (non-hydrogen) atoms. The molecule has 1 aliphatic rings. The zero-order chi connectivity index (χ0) is 15.2. The smallest absolute Gasteiger partial charge is 0.354 e. The van der Waals surface area contributed by atoms with Crippen LogP contribution in [0.2, 0.25) is 0 Å². The van der Waals surface area contributed by atoms with Crippen LogP contribution >= 0.6 is 0 Å². The molecule has 1 heterocycles. The summed E-state index contributed by atoms with van der Waals surface area (Å²) in [4.78, 5) is 28.2. The fraction of sp³-hybridized carbons (Fsp3) is 0.400. The topological polar surface area (TPSA) is 82.5 Å². The van der Waals surface area contributed by atoms with E-state index < -0.39 is 5.97 Å². The van der Waals surface area contributed by atoms with Crippen LogP contribution in [0.3, 0.4) is 0 Å². The lowest BCUT2D eigenvalue weighted by Crippen LogP contribution is -2.41. The Kier molecular flexibility index (Phi) is 4.77. The second kappa shape index (κ2) is 6.75. The van der Waals surface area contributed by atoms with Gasteiger partial charge in [0.25, 0.3) is 0 Å². The van der Waals surface area contributed by atoms with Crippen molar-refractivity contribution >= 4 is 12.0 Å². The number of hydrogen-bond acceptors (Lipinski definition) is 3. The number of amides is 2. The summed E-state index contributed by atoms with van der Waals surface area (Å²) >= 11 is 0. The standard InChI is InChI=1S/C15H17N3O3/c1-2-7-18(10-11-3-4-11)15(21)17-9-12-5-6-13(14(19)20)16-8-12/h1,5-6,8,11H,3-4,7,9-10H2,(H,17,21)(H,19,20). The molecule has 2 amide bonds. The van der Waals surface area contributed by atoms with Crippen molar-refractivity contribution in [2.24, 2.45) is 5.92 Å². The molecule has 1 aromatic rings. The fourth-order valence-electron chi connectivity index (χ4n) is 1.89. The van der Waals surface area contributed by atoms with E-state index in [0.717, 1.165) is 18.4 Å². The zero-order valence-electron chi connectivity index (χ0n) is 11.6. The van der Waals surface area contributed by atoms with Crippen LogP contribution in [-0.4, -0.2) is 40.1 Å². The van der Waals surface area contributed by atoms with Gasteiger partial charge in [0, 0.05) is 19.3 Å². The van der Waals surface area contributed by atoms with Crippen molar-refractivity contribution in [1.29, 1.82) is 0 Å². The van der Waals surface area contributed by atoms with Crippen LogP contribution in [-0.2, 0) is 6.54 Å². The Morgan fingerprint density at radius 2 is 2.24 bits per heavy atom. The van der Waals surface area contributed by atoms with E-state index >= 15 is 0 Å². The van der Waals surface area contributed by atoms with Crippen molar-refractivity contribution in [1.82, 2.24) is 15.2 Å². The molecule has 0 radical (unpaired) electrons. The van der Waals surface area contributed by atoms with Crippen molar-refractivity contribution in [3.63, 3.8) is 0 Å². The highest BCUT2D eigenvalue weighted by Gasteiger charge is 2.26. The molecule has 1 fully saturated rings. The fourth-order valence-corrected chi connectivity index (χ4v) is 1.89. The largest absolute Gasteiger partial charge is 0.477 e. The number of carboxylic acid groups (broad SMARTS) is 1. The van der Waals surface area contributed by atoms with Gasteiger partial charge in [0.1, 0.15) is 5.69 Å². The highest BCUT2D eigenvalue weighted by molar-refractivity contribution is 5.85. The average Bonchev–Trinajstić information content (AvgIpc) is 3.28. The van der Waals surface area contributed by atoms with E-state index in [1.807, 2.05) is 0 Å². The average molecular weight is 287 g/mol. The first kappa shape index (κ1) is 14.9. The number of carboxylic acids is 1. The Balaban J connectivity index is 1.86. The van der Waals surface area contributed by atoms with E-state index in [1.54, 1.807) is 11.0 Å². The zero-order valence-corrected chi connectivity index (χ0v) is 11.6. The van der Waals surface area contributed by atoms with E-state index in [4.69, 9.17) is 11.5 Å². The first-order valence-corrected chi connectivity index (χ1v) is 6.74. The summed E-state index contributed by atoms with van der Waals surface area (Å²) in [6.07, 6.45) is 9.01. The predicted molar refractivity (Wildman–Crippen MR) is 76.6 cm³/mol. The van der Waals surface area contributed by atoms with Crippen molar-refractivity contribution in [2.75, 3.05) is 13.1 Å². The van der Waals surface area contributed by atoms with Crippen molar-refractivity contribution in [3.8, 4) is 12.3 Å². The molecule has 1 saturated carbocycles. The van der Waals surface area contributed by atoms with Gasteiger partial charge in [-0.2, -0.15) is 0 Å². The SMILES string of the molecule is C#CCN(CC1CC1)C(=O)NCc1ccc(C(=O)O)nc1. The second-order valence-corrected chi connectivity index (χ2v) is 5.04. The number of carbonyl (C=O) groups excluding carboxylic acids is 1. The van der Waals surface area contributed by atoms with E-state index in [1.165, 1.54) is 12.3 Å². The normalized spacial score (nSPS) is 13.3. The number of nitrogens with one attached hydrogen (secondary N) is 1. The molecule has 0 spiro atoms. The Morgan fingerprint density at radius 1 is 1.48 bits per heavy atom. The van der Waals surface area contributed by atoms with Crippen molar-refractivity contribution in [2.45, 2.75) is 19.4 Å². The van der Waals surface area contributed by atoms with Gasteiger partial charge in [0.15, 0.2) is 0 Å². The van der Waals surface area contributed by atoms with Gasteiger partial charge in [-0.25, -0.2) is 14.6 Å². The lowest BCUT2D eigenvalue weighted by Gasteiger charge is -2.20. The molecule has 6 heteroatoms. The molecule has 0 unspecified atom stereocenters. The van der Waals surface area contributed by atoms with Crippen LogP contribution in [0.15, 0.2) is 18.3 Å². The number of pyridine rings is 1. The molecule has 2 N–H and O–H groups in total. The highest BCUT2D eigenvalue weighted by atomic mass is 16.4. The molecule has 0 bridgehead atoms. The predicted octanol–water partition coefficient (Wildman–Crippen LogP) is 1.33. The highest BCUT2D eigenvalue weighted by Crippen LogP contribution is 2.29. The third-order valence-corrected chi connectivity index (χ3v) is 3.23. The van der Waals surface area contributed by atoms with Gasteiger partial charge in [0.05, 0.1) is 6.54 Å². The Labute approximate surface area is 123 Å². The Bertz CT molecular complexity index is 559. The molecule has 0 saturated heterocycles. The minimum Gasteiger partial charge on any atom is -0.477 e. The van der Waals surface area contributed by atoms with Gasteiger partial charge in [-0.1, -0.05) is 12.0 Å². The summed E-state index contributed by atoms with van der Waals surface area (Å²) in [7, 11) is 0. The minimum absolute atomic E-state index is 0.0206. The monoisotopic (exact) mass is 287 g/mol. The van der Waals surface area contributed by atoms with Gasteiger partial charge in [-0.3, -0.25) is 0 Å². The van der Waals surface area contributed by atoms with E-state index in [2.05, 4.69) is 16.2 Å². The maximum atomic E-state index is 12.0. The van der Waals surface area contributed by atoms with E-state index in [9.17, 15) is 9.59 Å². The Morgan fingerprint density at radius 3 is 2.76 bits per heavy atom. The van der Waals surface area contributed by atoms with Crippen molar-refractivity contribution in [3.05, 3.63) is 29.6 Å². The lowest BCUT2D eigenvalue weighted by molar-refractivity contribution is 0.0690. The molecule has 1 aliphatic carbocycles. The maximum Gasteiger partial charge on any atom is 0.354 e. The number of hydrogen-bond donors (Lipinski definition) is 2. The van der Waals surface area contributed by atoms with Gasteiger partial charge in [0.2, 0.25) is 0 Å². The van der Waals surface area contributed by atoms with Gasteiger partial charge < -0.3 is 15.3 Å². The summed E-state index contributed by atoms with van der Waals surface area (Å²) in [6.45, 7) is 1.27. The summed E-state index contributed by atoms with van der Waals surface area (Å²) in [5.74, 6) is 1.98. The van der Waals surface area contributed by atoms with Gasteiger partial charge in [-0.15, -0.1) is 6.42 Å². The third kappa shape index (κ3) is 4.49. The van der Waals surface area contributed by atoms with Gasteiger partial charge in [-0.05, 0) is 30.4 Å². The number of aromatic nitrogens is 1. The number of urea groups is 1. The number of terminal acetylenes is 1. The van der Waals surface area contributed by atoms with E-state index in [-0.39, 0.29) is 18.3 Å². The summed E-state index contributed by atoms with van der Waals surface area (Å²) in [5, 5.41) is 11.5. The lowest BCUT2D eigenvalue weighted by atomic mass is 10.2. The minimum atomic E-state index is -1.07. The second-order valence-electron chi connectivity index (χ2n) is 5.04. The first-order valence-electron chi connectivity index (χ1n) is 6.74. The van der Waals surface area contributed by atoms with Crippen LogP contribution in [0.25, 0.3) is 0 Å². The molecule has 6 nitrogen and oxygen atoms in total. The van der Waals surface area contributed by atoms with Crippen LogP contribution in [0.4, 0.5) is 4.79 Å². The van der Waals surface area contributed by atoms with E-state index in [0.29, 0.717) is 19.0 Å². The molecular weight excluding hydrogens is 270 g/mol. The Hall–Kier alpha value is -2.55. The maximum absolute atomic E-state index is 12.0. The quantitative estimate of drug-likeness (QED) is 0.773. The number of aromatic carboxylic acids is 1. The molecule has 110 valence electrons. The molecule has 2 rings (SSSR count). The summed E-state index contributed by atoms with van der Waals surface area (Å²) < 4.78 is 0. The third-order valence-electron chi connectivity index (χ3n) is 3.23. The van der Waals surface area contributed by atoms with Crippen molar-refractivity contribution < 1.29 is 14.7 Å². The first-order chi connectivity index (χ1) is 10.1. The van der Waals surface area contributed by atoms with Gasteiger partial charge >= 0.3 is 12.0 Å². The van der Waals surface area contributed by atoms with Crippen LogP contribution < -0.4 is 5.32 Å². The number of carbonyl (C=O) groups is 2. The summed E-state index contributed by atoms with van der Waals surface area (Å²) in [5.41, 5.74) is 0.716. The molecular formula is C15H17N3O3. The van der Waals surface area contributed by atoms with Crippen LogP contribution in [0, 0.1) is 18.3 Å².